The molecular weight excluding hydrogens is 264 g/mol. The highest BCUT2D eigenvalue weighted by molar-refractivity contribution is 5.01. The van der Waals surface area contributed by atoms with Gasteiger partial charge in [-0.1, -0.05) is 77.9 Å². The Bertz CT molecular complexity index is 367. The summed E-state index contributed by atoms with van der Waals surface area (Å²) in [5.41, 5.74) is 0. The summed E-state index contributed by atoms with van der Waals surface area (Å²) in [6.07, 6.45) is 4.33. The Morgan fingerprint density at radius 1 is 0.591 bits per heavy atom. The lowest BCUT2D eigenvalue weighted by molar-refractivity contribution is 0.722. The molecule has 0 aliphatic carbocycles. The number of hydrogen-bond donors (Lipinski definition) is 0. The Morgan fingerprint density at radius 2 is 0.864 bits per heavy atom. The van der Waals surface area contributed by atoms with Crippen LogP contribution in [0, 0.1) is 35.5 Å². The third-order valence-corrected chi connectivity index (χ3v) is 2.94. The Hall–Kier alpha value is -1.66. The number of rotatable bonds is 2. The summed E-state index contributed by atoms with van der Waals surface area (Å²) >= 11 is 0. The van der Waals surface area contributed by atoms with E-state index in [1.807, 2.05) is 36.4 Å². The fourth-order valence-corrected chi connectivity index (χ4v) is 1.14. The fraction of sp³-hybridized carbons (Fsp3) is 0.545. The third-order valence-electron chi connectivity index (χ3n) is 2.94. The predicted molar refractivity (Wildman–Crippen MR) is 101 cm³/mol. The van der Waals surface area contributed by atoms with Gasteiger partial charge in [0.05, 0.1) is 0 Å². The van der Waals surface area contributed by atoms with Gasteiger partial charge in [0, 0.05) is 24.7 Å². The summed E-state index contributed by atoms with van der Waals surface area (Å²) in [7, 11) is 0. The molecule has 0 bridgehead atoms. The molecule has 0 aliphatic heterocycles. The second-order valence-corrected chi connectivity index (χ2v) is 5.12. The van der Waals surface area contributed by atoms with Crippen LogP contribution in [0.5, 0.6) is 0 Å². The molecule has 0 aromatic heterocycles. The molecule has 0 saturated heterocycles. The van der Waals surface area contributed by atoms with Crippen LogP contribution in [0.15, 0.2) is 36.4 Å². The van der Waals surface area contributed by atoms with Gasteiger partial charge in [-0.15, -0.1) is 23.7 Å². The fourth-order valence-electron chi connectivity index (χ4n) is 1.14. The van der Waals surface area contributed by atoms with Gasteiger partial charge >= 0.3 is 0 Å². The van der Waals surface area contributed by atoms with Crippen LogP contribution in [0.1, 0.15) is 67.2 Å². The predicted octanol–water partition coefficient (Wildman–Crippen LogP) is 6.58. The first-order valence-corrected chi connectivity index (χ1v) is 8.58. The highest BCUT2D eigenvalue weighted by Crippen LogP contribution is 1.96. The molecule has 22 heavy (non-hydrogen) atoms. The molecule has 0 fully saturated rings. The molecule has 1 aromatic rings. The molecule has 0 nitrogen and oxygen atoms in total. The maximum absolute atomic E-state index is 3.13. The van der Waals surface area contributed by atoms with Gasteiger partial charge in [-0.3, -0.25) is 0 Å². The average Bonchev–Trinajstić information content (AvgIpc) is 2.60. The van der Waals surface area contributed by atoms with Gasteiger partial charge < -0.3 is 0 Å². The van der Waals surface area contributed by atoms with Crippen molar-refractivity contribution in [2.24, 2.45) is 11.8 Å². The lowest BCUT2D eigenvalue weighted by atomic mass is 10.1. The van der Waals surface area contributed by atoms with Crippen molar-refractivity contribution in [2.75, 3.05) is 0 Å². The van der Waals surface area contributed by atoms with Gasteiger partial charge in [-0.25, -0.2) is 0 Å². The van der Waals surface area contributed by atoms with Gasteiger partial charge in [0.2, 0.25) is 0 Å². The van der Waals surface area contributed by atoms with Crippen molar-refractivity contribution in [2.45, 2.75) is 67.2 Å². The molecule has 0 spiro atoms. The monoisotopic (exact) mass is 298 g/mol. The van der Waals surface area contributed by atoms with E-state index in [0.717, 1.165) is 12.8 Å². The van der Waals surface area contributed by atoms with Crippen LogP contribution in [-0.4, -0.2) is 0 Å². The van der Waals surface area contributed by atoms with Crippen LogP contribution < -0.4 is 0 Å². The van der Waals surface area contributed by atoms with Crippen LogP contribution >= 0.6 is 0 Å². The second-order valence-electron chi connectivity index (χ2n) is 5.12. The summed E-state index contributed by atoms with van der Waals surface area (Å²) in [6.45, 7) is 12.8. The maximum atomic E-state index is 3.13. The molecule has 1 rings (SSSR count). The lowest BCUT2D eigenvalue weighted by Gasteiger charge is -1.92. The van der Waals surface area contributed by atoms with Crippen molar-refractivity contribution in [3.05, 3.63) is 36.4 Å². The maximum Gasteiger partial charge on any atom is 0.0171 e. The van der Waals surface area contributed by atoms with Crippen LogP contribution in [-0.2, 0) is 0 Å². The second kappa shape index (κ2) is 19.3. The Morgan fingerprint density at radius 3 is 1.05 bits per heavy atom. The molecule has 0 N–H and O–H groups in total. The first-order valence-electron chi connectivity index (χ1n) is 8.58. The van der Waals surface area contributed by atoms with Crippen molar-refractivity contribution in [3.63, 3.8) is 0 Å². The van der Waals surface area contributed by atoms with E-state index >= 15 is 0 Å². The zero-order chi connectivity index (χ0) is 17.1. The van der Waals surface area contributed by atoms with E-state index in [1.54, 1.807) is 0 Å². The molecule has 0 aliphatic rings. The highest BCUT2D eigenvalue weighted by Gasteiger charge is 1.87. The smallest absolute Gasteiger partial charge is 0.0171 e. The quantitative estimate of drug-likeness (QED) is 0.541. The van der Waals surface area contributed by atoms with Crippen molar-refractivity contribution >= 4 is 0 Å². The van der Waals surface area contributed by atoms with E-state index in [-0.39, 0.29) is 0 Å². The van der Waals surface area contributed by atoms with Gasteiger partial charge in [0.1, 0.15) is 0 Å². The van der Waals surface area contributed by atoms with E-state index < -0.39 is 0 Å². The summed E-state index contributed by atoms with van der Waals surface area (Å²) in [5, 5.41) is 0. The molecule has 0 heterocycles. The van der Waals surface area contributed by atoms with Gasteiger partial charge in [-0.2, -0.15) is 0 Å². The largest absolute Gasteiger partial charge is 0.103 e. The van der Waals surface area contributed by atoms with Crippen molar-refractivity contribution < 1.29 is 0 Å². The molecule has 2 atom stereocenters. The molecule has 0 saturated carbocycles. The Labute approximate surface area is 139 Å². The zero-order valence-electron chi connectivity index (χ0n) is 15.4. The van der Waals surface area contributed by atoms with E-state index in [1.165, 1.54) is 12.8 Å². The Kier molecular flexibility index (Phi) is 19.9. The minimum absolute atomic E-state index is 0.593. The van der Waals surface area contributed by atoms with E-state index in [9.17, 15) is 0 Å². The molecule has 122 valence electrons. The van der Waals surface area contributed by atoms with Gasteiger partial charge in [0.25, 0.3) is 0 Å². The van der Waals surface area contributed by atoms with Crippen LogP contribution in [0.2, 0.25) is 0 Å². The van der Waals surface area contributed by atoms with Crippen LogP contribution in [0.25, 0.3) is 0 Å². The summed E-state index contributed by atoms with van der Waals surface area (Å²) in [4.78, 5) is 0. The summed E-state index contributed by atoms with van der Waals surface area (Å²) < 4.78 is 0. The number of benzene rings is 1. The van der Waals surface area contributed by atoms with Crippen LogP contribution in [0.4, 0.5) is 0 Å². The normalized spacial score (nSPS) is 10.8. The van der Waals surface area contributed by atoms with E-state index in [4.69, 9.17) is 0 Å². The zero-order valence-corrected chi connectivity index (χ0v) is 15.4. The molecule has 0 radical (unpaired) electrons. The minimum atomic E-state index is 0.593. The molecule has 2 unspecified atom stereocenters. The van der Waals surface area contributed by atoms with Crippen molar-refractivity contribution in [3.8, 4) is 23.7 Å². The average molecular weight is 299 g/mol. The summed E-state index contributed by atoms with van der Waals surface area (Å²) in [5.74, 6) is 13.5. The van der Waals surface area contributed by atoms with Gasteiger partial charge in [-0.05, 0) is 12.8 Å². The van der Waals surface area contributed by atoms with Crippen LogP contribution in [0.3, 0.4) is 0 Å². The molecular formula is C22H34. The standard InChI is InChI=1S/2C8H14.C6H6/c2*1-4-6-7-8(3)5-2;1-2-4-6-5-3-1/h2*8H,4-5H2,1-3H3;1-6H. The summed E-state index contributed by atoms with van der Waals surface area (Å²) in [6, 6.07) is 12.0. The topological polar surface area (TPSA) is 0 Å². The Balaban J connectivity index is 0. The first kappa shape index (κ1) is 22.6. The highest BCUT2D eigenvalue weighted by atomic mass is 13.9. The minimum Gasteiger partial charge on any atom is -0.103 e. The molecule has 0 amide bonds. The number of hydrogen-bond acceptors (Lipinski definition) is 0. The van der Waals surface area contributed by atoms with E-state index in [0.29, 0.717) is 11.8 Å². The van der Waals surface area contributed by atoms with Crippen molar-refractivity contribution in [1.29, 1.82) is 0 Å². The SMILES string of the molecule is CCC#CC(C)CC.CCC#CC(C)CC.c1ccccc1. The third kappa shape index (κ3) is 20.7. The molecule has 0 heteroatoms. The van der Waals surface area contributed by atoms with E-state index in [2.05, 4.69) is 65.2 Å². The first-order chi connectivity index (χ1) is 10.6. The van der Waals surface area contributed by atoms with Gasteiger partial charge in [0.15, 0.2) is 0 Å². The lowest BCUT2D eigenvalue weighted by Crippen LogP contribution is -1.83. The van der Waals surface area contributed by atoms with Crippen molar-refractivity contribution in [1.82, 2.24) is 0 Å². The molecule has 1 aromatic carbocycles.